The summed E-state index contributed by atoms with van der Waals surface area (Å²) in [6.45, 7) is 6.40. The topological polar surface area (TPSA) is 93.1 Å². The molecule has 0 radical (unpaired) electrons. The maximum atomic E-state index is 12.3. The number of anilines is 1. The number of hydrogen-bond donors (Lipinski definition) is 1. The molecule has 30 heavy (non-hydrogen) atoms. The van der Waals surface area contributed by atoms with Gasteiger partial charge in [-0.1, -0.05) is 31.7 Å². The van der Waals surface area contributed by atoms with Gasteiger partial charge in [0.2, 0.25) is 0 Å². The standard InChI is InChI=1S/C23H23NO6/c1-14(16-7-5-6-8-17(16)21(27)29-3)12-23(2)13-24(22(28)30-4)19-10-9-15(20(25)26)11-18(19)23/h5-11H,1,12-13H2,2-4H3,(H,25,26). The Bertz CT molecular complexity index is 1040. The summed E-state index contributed by atoms with van der Waals surface area (Å²) >= 11 is 0. The lowest BCUT2D eigenvalue weighted by atomic mass is 9.77. The quantitative estimate of drug-likeness (QED) is 0.747. The molecule has 3 rings (SSSR count). The van der Waals surface area contributed by atoms with Gasteiger partial charge >= 0.3 is 18.0 Å². The molecule has 7 nitrogen and oxygen atoms in total. The monoisotopic (exact) mass is 409 g/mol. The predicted molar refractivity (Wildman–Crippen MR) is 112 cm³/mol. The Morgan fingerprint density at radius 3 is 2.37 bits per heavy atom. The molecule has 156 valence electrons. The Hall–Kier alpha value is -3.61. The van der Waals surface area contributed by atoms with E-state index >= 15 is 0 Å². The van der Waals surface area contributed by atoms with E-state index in [0.717, 1.165) is 0 Å². The summed E-state index contributed by atoms with van der Waals surface area (Å²) in [4.78, 5) is 37.5. The summed E-state index contributed by atoms with van der Waals surface area (Å²) in [5, 5.41) is 9.42. The van der Waals surface area contributed by atoms with Crippen LogP contribution in [0.1, 0.15) is 45.2 Å². The van der Waals surface area contributed by atoms with E-state index in [2.05, 4.69) is 6.58 Å². The maximum Gasteiger partial charge on any atom is 0.414 e. The largest absolute Gasteiger partial charge is 0.478 e. The minimum absolute atomic E-state index is 0.132. The number of hydrogen-bond acceptors (Lipinski definition) is 5. The van der Waals surface area contributed by atoms with Crippen LogP contribution in [0.2, 0.25) is 0 Å². The first kappa shape index (κ1) is 21.1. The normalized spacial score (nSPS) is 17.2. The van der Waals surface area contributed by atoms with Crippen LogP contribution in [0.15, 0.2) is 49.0 Å². The Morgan fingerprint density at radius 2 is 1.77 bits per heavy atom. The van der Waals surface area contributed by atoms with E-state index in [4.69, 9.17) is 9.47 Å². The van der Waals surface area contributed by atoms with Crippen LogP contribution in [0.3, 0.4) is 0 Å². The smallest absolute Gasteiger partial charge is 0.414 e. The van der Waals surface area contributed by atoms with Crippen molar-refractivity contribution in [2.45, 2.75) is 18.8 Å². The van der Waals surface area contributed by atoms with Crippen LogP contribution in [-0.2, 0) is 14.9 Å². The molecule has 0 saturated carbocycles. The zero-order valence-electron chi connectivity index (χ0n) is 17.1. The molecule has 0 spiro atoms. The highest BCUT2D eigenvalue weighted by Gasteiger charge is 2.42. The van der Waals surface area contributed by atoms with Gasteiger partial charge in [0.15, 0.2) is 0 Å². The summed E-state index contributed by atoms with van der Waals surface area (Å²) < 4.78 is 9.77. The van der Waals surface area contributed by atoms with Crippen LogP contribution in [0.25, 0.3) is 5.57 Å². The third-order valence-corrected chi connectivity index (χ3v) is 5.40. The average Bonchev–Trinajstić information content (AvgIpc) is 3.04. The van der Waals surface area contributed by atoms with Gasteiger partial charge in [0, 0.05) is 12.0 Å². The Labute approximate surface area is 174 Å². The highest BCUT2D eigenvalue weighted by Crippen LogP contribution is 2.46. The molecule has 0 aromatic heterocycles. The number of benzene rings is 2. The van der Waals surface area contributed by atoms with Gasteiger partial charge in [0.05, 0.1) is 31.0 Å². The average molecular weight is 409 g/mol. The van der Waals surface area contributed by atoms with Crippen molar-refractivity contribution in [3.05, 3.63) is 71.3 Å². The molecule has 1 heterocycles. The van der Waals surface area contributed by atoms with Gasteiger partial charge in [-0.05, 0) is 47.4 Å². The summed E-state index contributed by atoms with van der Waals surface area (Å²) in [5.41, 5.74) is 2.54. The minimum Gasteiger partial charge on any atom is -0.478 e. The SMILES string of the molecule is C=C(CC1(C)CN(C(=O)OC)c2ccc(C(=O)O)cc21)c1ccccc1C(=O)OC. The van der Waals surface area contributed by atoms with E-state index in [1.807, 2.05) is 6.92 Å². The Kier molecular flexibility index (Phi) is 5.64. The molecule has 1 aliphatic heterocycles. The number of carboxylic acid groups (broad SMARTS) is 1. The fourth-order valence-electron chi connectivity index (χ4n) is 3.98. The van der Waals surface area contributed by atoms with E-state index in [-0.39, 0.29) is 12.1 Å². The molecule has 0 fully saturated rings. The van der Waals surface area contributed by atoms with Crippen molar-refractivity contribution in [1.29, 1.82) is 0 Å². The van der Waals surface area contributed by atoms with Crippen LogP contribution in [0, 0.1) is 0 Å². The molecule has 1 amide bonds. The molecule has 1 unspecified atom stereocenters. The number of carbonyl (C=O) groups excluding carboxylic acids is 2. The third-order valence-electron chi connectivity index (χ3n) is 5.40. The summed E-state index contributed by atoms with van der Waals surface area (Å²) in [5.74, 6) is -1.51. The second-order valence-corrected chi connectivity index (χ2v) is 7.47. The third kappa shape index (κ3) is 3.66. The van der Waals surface area contributed by atoms with Crippen LogP contribution >= 0.6 is 0 Å². The lowest BCUT2D eigenvalue weighted by molar-refractivity contribution is 0.0599. The van der Waals surface area contributed by atoms with Crippen LogP contribution in [-0.4, -0.2) is 43.9 Å². The highest BCUT2D eigenvalue weighted by atomic mass is 16.5. The fraction of sp³-hybridized carbons (Fsp3) is 0.261. The van der Waals surface area contributed by atoms with E-state index in [0.29, 0.717) is 34.4 Å². The van der Waals surface area contributed by atoms with Crippen LogP contribution in [0.4, 0.5) is 10.5 Å². The first-order chi connectivity index (χ1) is 14.2. The molecule has 2 aromatic rings. The minimum atomic E-state index is -1.05. The van der Waals surface area contributed by atoms with Gasteiger partial charge in [-0.3, -0.25) is 4.90 Å². The molecule has 1 N–H and O–H groups in total. The molecule has 7 heteroatoms. The molecular formula is C23H23NO6. The summed E-state index contributed by atoms with van der Waals surface area (Å²) in [7, 11) is 2.62. The van der Waals surface area contributed by atoms with Gasteiger partial charge in [0.1, 0.15) is 0 Å². The second-order valence-electron chi connectivity index (χ2n) is 7.47. The zero-order valence-corrected chi connectivity index (χ0v) is 17.1. The first-order valence-electron chi connectivity index (χ1n) is 9.30. The lowest BCUT2D eigenvalue weighted by Gasteiger charge is -2.27. The van der Waals surface area contributed by atoms with Crippen molar-refractivity contribution in [1.82, 2.24) is 0 Å². The number of aromatic carboxylic acids is 1. The number of amides is 1. The summed E-state index contributed by atoms with van der Waals surface area (Å²) in [6.07, 6.45) is -0.131. The number of allylic oxidation sites excluding steroid dienone is 1. The highest BCUT2D eigenvalue weighted by molar-refractivity contribution is 5.96. The number of ether oxygens (including phenoxy) is 2. The molecular weight excluding hydrogens is 386 g/mol. The van der Waals surface area contributed by atoms with Crippen LogP contribution in [0.5, 0.6) is 0 Å². The van der Waals surface area contributed by atoms with E-state index < -0.39 is 23.4 Å². The van der Waals surface area contributed by atoms with Crippen molar-refractivity contribution >= 4 is 29.3 Å². The van der Waals surface area contributed by atoms with Crippen molar-refractivity contribution in [2.24, 2.45) is 0 Å². The molecule has 2 aromatic carbocycles. The van der Waals surface area contributed by atoms with Gasteiger partial charge in [-0.2, -0.15) is 0 Å². The van der Waals surface area contributed by atoms with Gasteiger partial charge in [-0.25, -0.2) is 14.4 Å². The fourth-order valence-corrected chi connectivity index (χ4v) is 3.98. The second kappa shape index (κ2) is 8.02. The molecule has 0 saturated heterocycles. The molecule has 0 bridgehead atoms. The van der Waals surface area contributed by atoms with Crippen molar-refractivity contribution in [2.75, 3.05) is 25.7 Å². The maximum absolute atomic E-state index is 12.3. The molecule has 0 aliphatic carbocycles. The summed E-state index contributed by atoms with van der Waals surface area (Å²) in [6, 6.07) is 11.7. The Morgan fingerprint density at radius 1 is 1.10 bits per heavy atom. The first-order valence-corrected chi connectivity index (χ1v) is 9.30. The van der Waals surface area contributed by atoms with Crippen molar-refractivity contribution < 1.29 is 29.0 Å². The van der Waals surface area contributed by atoms with Gasteiger partial charge in [0.25, 0.3) is 0 Å². The van der Waals surface area contributed by atoms with Gasteiger partial charge < -0.3 is 14.6 Å². The lowest BCUT2D eigenvalue weighted by Crippen LogP contribution is -2.35. The van der Waals surface area contributed by atoms with Crippen molar-refractivity contribution in [3.8, 4) is 0 Å². The number of carbonyl (C=O) groups is 3. The zero-order chi connectivity index (χ0) is 22.1. The molecule has 1 aliphatic rings. The number of esters is 1. The number of carboxylic acids is 1. The number of methoxy groups -OCH3 is 2. The number of fused-ring (bicyclic) bond motifs is 1. The van der Waals surface area contributed by atoms with E-state index in [1.165, 1.54) is 25.2 Å². The molecule has 1 atom stereocenters. The predicted octanol–water partition coefficient (Wildman–Crippen LogP) is 4.12. The number of rotatable bonds is 5. The number of nitrogens with zero attached hydrogens (tertiary/aromatic N) is 1. The Balaban J connectivity index is 2.03. The van der Waals surface area contributed by atoms with Crippen molar-refractivity contribution in [3.63, 3.8) is 0 Å². The van der Waals surface area contributed by atoms with E-state index in [1.54, 1.807) is 36.4 Å². The van der Waals surface area contributed by atoms with Gasteiger partial charge in [-0.15, -0.1) is 0 Å². The van der Waals surface area contributed by atoms with E-state index in [9.17, 15) is 19.5 Å². The van der Waals surface area contributed by atoms with Crippen LogP contribution < -0.4 is 4.90 Å².